The largest absolute Gasteiger partial charge is 0.138 e. The molecule has 0 heterocycles. The summed E-state index contributed by atoms with van der Waals surface area (Å²) in [6.07, 6.45) is 10.5. The van der Waals surface area contributed by atoms with E-state index in [0.717, 1.165) is 12.6 Å². The molecule has 0 aromatic heterocycles. The Balaban J connectivity index is 3.03. The highest BCUT2D eigenvalue weighted by atomic mass is 31.0. The lowest BCUT2D eigenvalue weighted by molar-refractivity contribution is 0.785. The van der Waals surface area contributed by atoms with Crippen molar-refractivity contribution in [3.63, 3.8) is 0 Å². The van der Waals surface area contributed by atoms with Gasteiger partial charge in [-0.25, -0.2) is 0 Å². The van der Waals surface area contributed by atoms with E-state index in [1.807, 2.05) is 19.1 Å². The first-order valence-corrected chi connectivity index (χ1v) is 6.85. The van der Waals surface area contributed by atoms with Crippen LogP contribution in [0.5, 0.6) is 0 Å². The van der Waals surface area contributed by atoms with Crippen LogP contribution in [0, 0.1) is 0 Å². The molecule has 0 saturated heterocycles. The third kappa shape index (κ3) is 4.32. The SMILES string of the molecule is C=C/C(=C\C=C/C)C(CCP)c1ccccc1. The summed E-state index contributed by atoms with van der Waals surface area (Å²) in [6, 6.07) is 10.6. The topological polar surface area (TPSA) is 0 Å². The summed E-state index contributed by atoms with van der Waals surface area (Å²) in [4.78, 5) is 0. The van der Waals surface area contributed by atoms with Gasteiger partial charge in [0.05, 0.1) is 0 Å². The molecule has 1 aromatic rings. The Labute approximate surface area is 107 Å². The van der Waals surface area contributed by atoms with Crippen LogP contribution >= 0.6 is 9.24 Å². The fourth-order valence-electron chi connectivity index (χ4n) is 1.91. The predicted octanol–water partition coefficient (Wildman–Crippen LogP) is 4.72. The molecule has 0 nitrogen and oxygen atoms in total. The van der Waals surface area contributed by atoms with Gasteiger partial charge in [0.1, 0.15) is 0 Å². The molecule has 90 valence electrons. The van der Waals surface area contributed by atoms with Crippen LogP contribution in [-0.2, 0) is 0 Å². The van der Waals surface area contributed by atoms with E-state index in [1.54, 1.807) is 0 Å². The Bertz CT molecular complexity index is 387. The van der Waals surface area contributed by atoms with Crippen molar-refractivity contribution >= 4 is 9.24 Å². The lowest BCUT2D eigenvalue weighted by atomic mass is 9.88. The van der Waals surface area contributed by atoms with E-state index in [-0.39, 0.29) is 0 Å². The minimum absolute atomic E-state index is 0.447. The van der Waals surface area contributed by atoms with Crippen LogP contribution in [0.1, 0.15) is 24.8 Å². The van der Waals surface area contributed by atoms with Gasteiger partial charge in [-0.05, 0) is 30.6 Å². The van der Waals surface area contributed by atoms with Gasteiger partial charge in [-0.15, -0.1) is 9.24 Å². The minimum atomic E-state index is 0.447. The molecule has 0 spiro atoms. The molecule has 2 atom stereocenters. The van der Waals surface area contributed by atoms with Crippen molar-refractivity contribution in [2.45, 2.75) is 19.3 Å². The molecule has 2 unspecified atom stereocenters. The first kappa shape index (κ1) is 13.9. The number of hydrogen-bond acceptors (Lipinski definition) is 0. The van der Waals surface area contributed by atoms with Crippen molar-refractivity contribution in [1.29, 1.82) is 0 Å². The Hall–Kier alpha value is -1.13. The monoisotopic (exact) mass is 244 g/mol. The van der Waals surface area contributed by atoms with E-state index in [0.29, 0.717) is 5.92 Å². The molecule has 0 aliphatic rings. The van der Waals surface area contributed by atoms with Gasteiger partial charge in [-0.3, -0.25) is 0 Å². The van der Waals surface area contributed by atoms with Crippen molar-refractivity contribution in [2.75, 3.05) is 6.16 Å². The fraction of sp³-hybridized carbons (Fsp3) is 0.250. The van der Waals surface area contributed by atoms with Crippen molar-refractivity contribution in [2.24, 2.45) is 0 Å². The first-order chi connectivity index (χ1) is 8.33. The van der Waals surface area contributed by atoms with E-state index in [1.165, 1.54) is 11.1 Å². The molecule has 17 heavy (non-hydrogen) atoms. The van der Waals surface area contributed by atoms with Gasteiger partial charge >= 0.3 is 0 Å². The van der Waals surface area contributed by atoms with Crippen molar-refractivity contribution in [1.82, 2.24) is 0 Å². The molecule has 0 bridgehead atoms. The zero-order chi connectivity index (χ0) is 12.5. The molecule has 0 aliphatic carbocycles. The lowest BCUT2D eigenvalue weighted by Crippen LogP contribution is -2.02. The predicted molar refractivity (Wildman–Crippen MR) is 81.5 cm³/mol. The summed E-state index contributed by atoms with van der Waals surface area (Å²) >= 11 is 0. The standard InChI is InChI=1S/C16H21P/c1-3-5-9-14(4-2)16(12-13-17)15-10-7-6-8-11-15/h3-11,16H,2,12-13,17H2,1H3/b5-3-,14-9+. The lowest BCUT2D eigenvalue weighted by Gasteiger charge is -2.17. The van der Waals surface area contributed by atoms with E-state index in [4.69, 9.17) is 0 Å². The molecule has 0 amide bonds. The smallest absolute Gasteiger partial charge is 0.00922 e. The zero-order valence-electron chi connectivity index (χ0n) is 10.5. The third-order valence-corrected chi connectivity index (χ3v) is 3.11. The number of rotatable bonds is 6. The average Bonchev–Trinajstić information content (AvgIpc) is 2.39. The van der Waals surface area contributed by atoms with Crippen LogP contribution < -0.4 is 0 Å². The van der Waals surface area contributed by atoms with E-state index >= 15 is 0 Å². The van der Waals surface area contributed by atoms with Crippen LogP contribution in [0.3, 0.4) is 0 Å². The van der Waals surface area contributed by atoms with Gasteiger partial charge in [0, 0.05) is 5.92 Å². The second-order valence-electron chi connectivity index (χ2n) is 3.94. The molecule has 0 radical (unpaired) electrons. The zero-order valence-corrected chi connectivity index (χ0v) is 11.6. The maximum Gasteiger partial charge on any atom is 0.00922 e. The molecule has 1 rings (SSSR count). The van der Waals surface area contributed by atoms with E-state index in [2.05, 4.69) is 58.3 Å². The second kappa shape index (κ2) is 8.03. The van der Waals surface area contributed by atoms with Gasteiger partial charge in [-0.1, -0.05) is 61.2 Å². The maximum absolute atomic E-state index is 3.93. The molecule has 1 aromatic carbocycles. The first-order valence-electron chi connectivity index (χ1n) is 6.03. The van der Waals surface area contributed by atoms with Crippen LogP contribution in [0.25, 0.3) is 0 Å². The summed E-state index contributed by atoms with van der Waals surface area (Å²) in [7, 11) is 2.81. The van der Waals surface area contributed by atoms with Crippen LogP contribution in [0.4, 0.5) is 0 Å². The Morgan fingerprint density at radius 1 is 1.35 bits per heavy atom. The summed E-state index contributed by atoms with van der Waals surface area (Å²) in [6.45, 7) is 5.97. The molecule has 0 aliphatic heterocycles. The number of hydrogen-bond donors (Lipinski definition) is 0. The molecule has 0 saturated carbocycles. The fourth-order valence-corrected chi connectivity index (χ4v) is 2.24. The highest BCUT2D eigenvalue weighted by Crippen LogP contribution is 2.29. The summed E-state index contributed by atoms with van der Waals surface area (Å²) in [5.41, 5.74) is 2.65. The normalized spacial score (nSPS) is 13.9. The maximum atomic E-state index is 3.93. The van der Waals surface area contributed by atoms with Gasteiger partial charge < -0.3 is 0 Å². The Morgan fingerprint density at radius 3 is 2.59 bits per heavy atom. The highest BCUT2D eigenvalue weighted by Gasteiger charge is 2.12. The molecule has 1 heteroatoms. The van der Waals surface area contributed by atoms with Crippen LogP contribution in [0.15, 0.2) is 66.8 Å². The molecular formula is C16H21P. The third-order valence-electron chi connectivity index (χ3n) is 2.78. The van der Waals surface area contributed by atoms with Crippen molar-refractivity contribution in [3.05, 3.63) is 72.4 Å². The summed E-state index contributed by atoms with van der Waals surface area (Å²) in [5.74, 6) is 0.447. The Morgan fingerprint density at radius 2 is 2.06 bits per heavy atom. The molecule has 0 fully saturated rings. The minimum Gasteiger partial charge on any atom is -0.138 e. The van der Waals surface area contributed by atoms with Gasteiger partial charge in [0.25, 0.3) is 0 Å². The average molecular weight is 244 g/mol. The Kier molecular flexibility index (Phi) is 6.58. The van der Waals surface area contributed by atoms with Gasteiger partial charge in [0.2, 0.25) is 0 Å². The second-order valence-corrected chi connectivity index (χ2v) is 4.51. The van der Waals surface area contributed by atoms with Gasteiger partial charge in [0.15, 0.2) is 0 Å². The van der Waals surface area contributed by atoms with E-state index < -0.39 is 0 Å². The quantitative estimate of drug-likeness (QED) is 0.501. The van der Waals surface area contributed by atoms with Gasteiger partial charge in [-0.2, -0.15) is 0 Å². The summed E-state index contributed by atoms with van der Waals surface area (Å²) in [5, 5.41) is 0. The summed E-state index contributed by atoms with van der Waals surface area (Å²) < 4.78 is 0. The molecule has 0 N–H and O–H groups in total. The van der Waals surface area contributed by atoms with Crippen molar-refractivity contribution in [3.8, 4) is 0 Å². The number of allylic oxidation sites excluding steroid dienone is 5. The van der Waals surface area contributed by atoms with E-state index in [9.17, 15) is 0 Å². The number of benzene rings is 1. The van der Waals surface area contributed by atoms with Crippen LogP contribution in [0.2, 0.25) is 0 Å². The molecular weight excluding hydrogens is 223 g/mol. The van der Waals surface area contributed by atoms with Crippen molar-refractivity contribution < 1.29 is 0 Å². The highest BCUT2D eigenvalue weighted by molar-refractivity contribution is 7.16. The van der Waals surface area contributed by atoms with Crippen LogP contribution in [-0.4, -0.2) is 6.16 Å².